The highest BCUT2D eigenvalue weighted by Gasteiger charge is 2.43. The predicted molar refractivity (Wildman–Crippen MR) is 167 cm³/mol. The monoisotopic (exact) mass is 566 g/mol. The van der Waals surface area contributed by atoms with E-state index in [1.54, 1.807) is 25.1 Å². The van der Waals surface area contributed by atoms with Crippen LogP contribution in [0.25, 0.3) is 10.8 Å². The zero-order valence-corrected chi connectivity index (χ0v) is 24.9. The van der Waals surface area contributed by atoms with Gasteiger partial charge in [-0.15, -0.1) is 0 Å². The minimum Gasteiger partial charge on any atom is -0.359 e. The Kier molecular flexibility index (Phi) is 8.50. The first-order valence-corrected chi connectivity index (χ1v) is 14.9. The molecule has 0 aromatic heterocycles. The van der Waals surface area contributed by atoms with E-state index in [-0.39, 0.29) is 23.3 Å². The molecule has 7 heteroatoms. The van der Waals surface area contributed by atoms with E-state index in [1.807, 2.05) is 60.4 Å². The number of nitrogens with two attached hydrogens (primary N) is 1. The van der Waals surface area contributed by atoms with E-state index in [9.17, 15) is 14.4 Å². The van der Waals surface area contributed by atoms with Crippen molar-refractivity contribution in [1.82, 2.24) is 15.1 Å². The average molecular weight is 567 g/mol. The highest BCUT2D eigenvalue weighted by atomic mass is 16.2. The van der Waals surface area contributed by atoms with Crippen LogP contribution in [0.4, 0.5) is 0 Å². The fourth-order valence-electron chi connectivity index (χ4n) is 6.60. The van der Waals surface area contributed by atoms with Crippen LogP contribution in [0.2, 0.25) is 0 Å². The number of likely N-dealkylation sites (tertiary alicyclic amines) is 1. The SMILES string of the molecule is CNC(=O)C1(Cc2ccccc2)CCN(C(=O)[C@@H](Cc2ccc3ccccc3c2)N(C)C(=O)C=C2CC(C)(N)C2)CC1. The molecule has 5 rings (SSSR count). The quantitative estimate of drug-likeness (QED) is 0.399. The molecule has 1 saturated heterocycles. The summed E-state index contributed by atoms with van der Waals surface area (Å²) in [5.41, 5.74) is 8.44. The van der Waals surface area contributed by atoms with Gasteiger partial charge in [0.25, 0.3) is 0 Å². The normalized spacial score (nSPS) is 20.4. The minimum absolute atomic E-state index is 0.0116. The predicted octanol–water partition coefficient (Wildman–Crippen LogP) is 4.24. The zero-order valence-electron chi connectivity index (χ0n) is 24.9. The Hall–Kier alpha value is -3.97. The second-order valence-corrected chi connectivity index (χ2v) is 12.5. The van der Waals surface area contributed by atoms with Crippen molar-refractivity contribution in [3.8, 4) is 0 Å². The van der Waals surface area contributed by atoms with E-state index in [4.69, 9.17) is 5.73 Å². The van der Waals surface area contributed by atoms with Crippen LogP contribution in [-0.2, 0) is 27.2 Å². The maximum absolute atomic E-state index is 14.2. The number of nitrogens with one attached hydrogen (secondary N) is 1. The largest absolute Gasteiger partial charge is 0.359 e. The molecule has 3 aromatic rings. The number of fused-ring (bicyclic) bond motifs is 1. The summed E-state index contributed by atoms with van der Waals surface area (Å²) in [6, 6.07) is 23.7. The van der Waals surface area contributed by atoms with Crippen molar-refractivity contribution in [3.63, 3.8) is 0 Å². The van der Waals surface area contributed by atoms with Crippen molar-refractivity contribution >= 4 is 28.5 Å². The van der Waals surface area contributed by atoms with Gasteiger partial charge in [0.2, 0.25) is 17.7 Å². The molecule has 1 saturated carbocycles. The zero-order chi connectivity index (χ0) is 29.9. The Bertz CT molecular complexity index is 1480. The molecule has 1 aliphatic heterocycles. The van der Waals surface area contributed by atoms with E-state index in [1.165, 1.54) is 0 Å². The fraction of sp³-hybridized carbons (Fsp3) is 0.400. The van der Waals surface area contributed by atoms with E-state index >= 15 is 0 Å². The molecule has 1 heterocycles. The number of hydrogen-bond donors (Lipinski definition) is 2. The lowest BCUT2D eigenvalue weighted by atomic mass is 9.73. The van der Waals surface area contributed by atoms with Crippen molar-refractivity contribution in [3.05, 3.63) is 95.6 Å². The summed E-state index contributed by atoms with van der Waals surface area (Å²) in [6.07, 6.45) is 5.18. The maximum atomic E-state index is 14.2. The van der Waals surface area contributed by atoms with E-state index in [0.717, 1.165) is 27.5 Å². The topological polar surface area (TPSA) is 95.7 Å². The molecule has 1 atom stereocenters. The van der Waals surface area contributed by atoms with Gasteiger partial charge >= 0.3 is 0 Å². The van der Waals surface area contributed by atoms with Crippen molar-refractivity contribution in [1.29, 1.82) is 0 Å². The van der Waals surface area contributed by atoms with Gasteiger partial charge in [-0.2, -0.15) is 0 Å². The van der Waals surface area contributed by atoms with Gasteiger partial charge in [-0.1, -0.05) is 78.4 Å². The van der Waals surface area contributed by atoms with E-state index < -0.39 is 11.5 Å². The lowest BCUT2D eigenvalue weighted by molar-refractivity contribution is -0.146. The Morgan fingerprint density at radius 2 is 1.60 bits per heavy atom. The first kappa shape index (κ1) is 29.5. The summed E-state index contributed by atoms with van der Waals surface area (Å²) in [7, 11) is 3.40. The lowest BCUT2D eigenvalue weighted by Gasteiger charge is -2.42. The summed E-state index contributed by atoms with van der Waals surface area (Å²) in [5.74, 6) is -0.252. The van der Waals surface area contributed by atoms with Crippen LogP contribution >= 0.6 is 0 Å². The second-order valence-electron chi connectivity index (χ2n) is 12.5. The van der Waals surface area contributed by atoms with Gasteiger partial charge in [0.15, 0.2) is 0 Å². The molecule has 2 fully saturated rings. The molecule has 3 N–H and O–H groups in total. The smallest absolute Gasteiger partial charge is 0.246 e. The van der Waals surface area contributed by atoms with Crippen LogP contribution in [-0.4, -0.2) is 66.3 Å². The van der Waals surface area contributed by atoms with Crippen molar-refractivity contribution in [2.45, 2.75) is 57.0 Å². The first-order chi connectivity index (χ1) is 20.1. The summed E-state index contributed by atoms with van der Waals surface area (Å²) in [5, 5.41) is 5.10. The molecule has 0 spiro atoms. The molecule has 0 unspecified atom stereocenters. The Morgan fingerprint density at radius 1 is 0.952 bits per heavy atom. The molecule has 3 amide bonds. The maximum Gasteiger partial charge on any atom is 0.246 e. The van der Waals surface area contributed by atoms with Gasteiger partial charge < -0.3 is 20.9 Å². The number of carbonyl (C=O) groups excluding carboxylic acids is 3. The molecule has 2 aliphatic rings. The summed E-state index contributed by atoms with van der Waals surface area (Å²) in [4.78, 5) is 44.2. The number of nitrogens with zero attached hydrogens (tertiary/aromatic N) is 2. The highest BCUT2D eigenvalue weighted by Crippen LogP contribution is 2.37. The molecule has 1 aliphatic carbocycles. The van der Waals surface area contributed by atoms with Crippen LogP contribution < -0.4 is 11.1 Å². The number of benzene rings is 3. The molecular weight excluding hydrogens is 524 g/mol. The van der Waals surface area contributed by atoms with Gasteiger partial charge in [0.1, 0.15) is 6.04 Å². The molecule has 3 aromatic carbocycles. The number of hydrogen-bond acceptors (Lipinski definition) is 4. The number of amides is 3. The van der Waals surface area contributed by atoms with Gasteiger partial charge in [-0.05, 0) is 60.9 Å². The summed E-state index contributed by atoms with van der Waals surface area (Å²) >= 11 is 0. The van der Waals surface area contributed by atoms with Gasteiger partial charge in [0.05, 0.1) is 5.41 Å². The average Bonchev–Trinajstić information content (AvgIpc) is 2.98. The fourth-order valence-corrected chi connectivity index (χ4v) is 6.60. The van der Waals surface area contributed by atoms with Crippen LogP contribution in [0.3, 0.4) is 0 Å². The molecule has 220 valence electrons. The molecule has 42 heavy (non-hydrogen) atoms. The standard InChI is InChI=1S/C35H42N4O3/c1-34(36)22-27(23-34)21-31(40)38(3)30(20-26-13-14-28-11-7-8-12-29(28)19-26)32(41)39-17-15-35(16-18-39,33(42)37-2)24-25-9-5-4-6-10-25/h4-14,19,21,30H,15-18,20,22-24,36H2,1-3H3,(H,37,42)/t30-,34?/m1/s1. The lowest BCUT2D eigenvalue weighted by Crippen LogP contribution is -2.55. The minimum atomic E-state index is -0.665. The third-order valence-corrected chi connectivity index (χ3v) is 9.06. The van der Waals surface area contributed by atoms with Gasteiger partial charge in [0, 0.05) is 45.2 Å². The van der Waals surface area contributed by atoms with Crippen molar-refractivity contribution < 1.29 is 14.4 Å². The number of rotatable bonds is 8. The summed E-state index contributed by atoms with van der Waals surface area (Å²) < 4.78 is 0. The third kappa shape index (κ3) is 6.41. The Morgan fingerprint density at radius 3 is 2.24 bits per heavy atom. The Labute approximate surface area is 248 Å². The van der Waals surface area contributed by atoms with Gasteiger partial charge in [-0.25, -0.2) is 0 Å². The number of carbonyl (C=O) groups is 3. The van der Waals surface area contributed by atoms with E-state index in [0.29, 0.717) is 51.6 Å². The number of likely N-dealkylation sites (N-methyl/N-ethyl adjacent to an activating group) is 1. The second kappa shape index (κ2) is 12.1. The first-order valence-electron chi connectivity index (χ1n) is 14.9. The van der Waals surface area contributed by atoms with Crippen LogP contribution in [0.1, 0.15) is 43.7 Å². The molecule has 0 radical (unpaired) electrons. The van der Waals surface area contributed by atoms with Crippen molar-refractivity contribution in [2.75, 3.05) is 27.2 Å². The third-order valence-electron chi connectivity index (χ3n) is 9.06. The molecular formula is C35H42N4O3. The molecule has 0 bridgehead atoms. The van der Waals surface area contributed by atoms with Gasteiger partial charge in [-0.3, -0.25) is 14.4 Å². The van der Waals surface area contributed by atoms with Crippen molar-refractivity contribution in [2.24, 2.45) is 11.1 Å². The Balaban J connectivity index is 1.37. The molecule has 7 nitrogen and oxygen atoms in total. The van der Waals surface area contributed by atoms with Crippen LogP contribution in [0, 0.1) is 5.41 Å². The van der Waals surface area contributed by atoms with Crippen LogP contribution in [0.15, 0.2) is 84.4 Å². The van der Waals surface area contributed by atoms with E-state index in [2.05, 4.69) is 29.6 Å². The van der Waals surface area contributed by atoms with Crippen LogP contribution in [0.5, 0.6) is 0 Å². The summed E-state index contributed by atoms with van der Waals surface area (Å²) in [6.45, 7) is 2.90. The highest BCUT2D eigenvalue weighted by molar-refractivity contribution is 5.94. The number of piperidine rings is 1.